The molecule has 1 saturated heterocycles. The minimum Gasteiger partial charge on any atom is -0.390 e. The predicted octanol–water partition coefficient (Wildman–Crippen LogP) is 6.78. The van der Waals surface area contributed by atoms with Gasteiger partial charge in [0, 0.05) is 29.1 Å². The molecule has 0 radical (unpaired) electrons. The highest BCUT2D eigenvalue weighted by molar-refractivity contribution is 6.31. The van der Waals surface area contributed by atoms with Crippen molar-refractivity contribution in [3.63, 3.8) is 0 Å². The summed E-state index contributed by atoms with van der Waals surface area (Å²) in [5.74, 6) is -1.87. The van der Waals surface area contributed by atoms with Crippen LogP contribution in [0.25, 0.3) is 0 Å². The van der Waals surface area contributed by atoms with E-state index in [0.29, 0.717) is 42.0 Å². The molecule has 2 heterocycles. The van der Waals surface area contributed by atoms with Crippen LogP contribution in [0.3, 0.4) is 0 Å². The van der Waals surface area contributed by atoms with Crippen LogP contribution in [-0.4, -0.2) is 34.5 Å². The monoisotopic (exact) mass is 562 g/mol. The normalized spacial score (nSPS) is 26.3. The molecule has 206 valence electrons. The second-order valence-electron chi connectivity index (χ2n) is 12.3. The molecule has 5 nitrogen and oxygen atoms in total. The number of benzene rings is 2. The molecule has 38 heavy (non-hydrogen) atoms. The molecule has 1 amide bonds. The quantitative estimate of drug-likeness (QED) is 0.331. The Kier molecular flexibility index (Phi) is 8.04. The fourth-order valence-electron chi connectivity index (χ4n) is 6.18. The van der Waals surface area contributed by atoms with Crippen molar-refractivity contribution in [1.82, 2.24) is 5.32 Å². The van der Waals surface area contributed by atoms with Gasteiger partial charge in [0.1, 0.15) is 17.0 Å². The number of anilines is 1. The Morgan fingerprint density at radius 2 is 1.87 bits per heavy atom. The van der Waals surface area contributed by atoms with Gasteiger partial charge in [0.25, 0.3) is 0 Å². The van der Waals surface area contributed by atoms with Crippen molar-refractivity contribution in [3.05, 3.63) is 63.4 Å². The number of aliphatic hydroxyl groups is 1. The van der Waals surface area contributed by atoms with Crippen LogP contribution in [-0.2, 0) is 15.0 Å². The number of rotatable bonds is 8. The van der Waals surface area contributed by atoms with E-state index in [-0.39, 0.29) is 34.1 Å². The molecule has 2 aromatic rings. The standard InChI is InChI=1S/C30H37Cl2FN2O3/c1-6-29(5,38)14-8-11-22(36)26-24(18-9-7-10-20(32)25(18)33)30(23(35-26)16-28(2,3)4)19-13-12-17(31)15-21(19)34-27(30)37/h7,9-10,12-13,15,23-24,26,35,38H,6,8,11,14,16H2,1-5H3,(H,34,37)/t23-,24+,26+,29-,30+/m1/s1. The van der Waals surface area contributed by atoms with Gasteiger partial charge in [-0.1, -0.05) is 69.1 Å². The second kappa shape index (κ2) is 10.5. The van der Waals surface area contributed by atoms with Gasteiger partial charge < -0.3 is 15.7 Å². The highest BCUT2D eigenvalue weighted by atomic mass is 35.5. The number of amides is 1. The predicted molar refractivity (Wildman–Crippen MR) is 150 cm³/mol. The van der Waals surface area contributed by atoms with E-state index in [1.165, 1.54) is 6.07 Å². The number of hydrogen-bond donors (Lipinski definition) is 3. The highest BCUT2D eigenvalue weighted by Crippen LogP contribution is 2.57. The summed E-state index contributed by atoms with van der Waals surface area (Å²) in [7, 11) is 0. The van der Waals surface area contributed by atoms with Gasteiger partial charge in [-0.05, 0) is 67.3 Å². The first-order chi connectivity index (χ1) is 17.7. The summed E-state index contributed by atoms with van der Waals surface area (Å²) < 4.78 is 15.8. The number of Topliss-reactive ketones (excluding diaryl/α,β-unsaturated/α-hetero) is 1. The summed E-state index contributed by atoms with van der Waals surface area (Å²) in [6, 6.07) is 8.70. The molecule has 1 fully saturated rings. The molecule has 2 aliphatic rings. The Labute approximate surface area is 234 Å². The molecule has 2 aromatic carbocycles. The number of ketones is 1. The molecule has 1 spiro atoms. The smallest absolute Gasteiger partial charge is 0.237 e. The van der Waals surface area contributed by atoms with Crippen LogP contribution >= 0.6 is 23.2 Å². The van der Waals surface area contributed by atoms with Crippen molar-refractivity contribution >= 4 is 40.6 Å². The van der Waals surface area contributed by atoms with Crippen LogP contribution in [0.5, 0.6) is 0 Å². The molecule has 0 aromatic heterocycles. The van der Waals surface area contributed by atoms with Crippen LogP contribution in [0.4, 0.5) is 10.1 Å². The van der Waals surface area contributed by atoms with Gasteiger partial charge in [-0.25, -0.2) is 4.39 Å². The van der Waals surface area contributed by atoms with E-state index in [4.69, 9.17) is 23.2 Å². The van der Waals surface area contributed by atoms with Crippen molar-refractivity contribution in [2.45, 2.75) is 95.7 Å². The van der Waals surface area contributed by atoms with Gasteiger partial charge in [-0.2, -0.15) is 0 Å². The van der Waals surface area contributed by atoms with Gasteiger partial charge in [0.2, 0.25) is 5.91 Å². The first-order valence-corrected chi connectivity index (χ1v) is 14.0. The van der Waals surface area contributed by atoms with E-state index < -0.39 is 34.8 Å². The van der Waals surface area contributed by atoms with Gasteiger partial charge in [-0.15, -0.1) is 0 Å². The molecule has 8 heteroatoms. The van der Waals surface area contributed by atoms with Gasteiger partial charge >= 0.3 is 0 Å². The van der Waals surface area contributed by atoms with Crippen molar-refractivity contribution in [1.29, 1.82) is 0 Å². The maximum absolute atomic E-state index is 15.8. The van der Waals surface area contributed by atoms with Crippen LogP contribution in [0, 0.1) is 11.2 Å². The molecule has 3 N–H and O–H groups in total. The minimum atomic E-state index is -1.26. The molecule has 2 aliphatic heterocycles. The average Bonchev–Trinajstić information content (AvgIpc) is 3.29. The topological polar surface area (TPSA) is 78.4 Å². The largest absolute Gasteiger partial charge is 0.390 e. The van der Waals surface area contributed by atoms with Crippen molar-refractivity contribution in [2.24, 2.45) is 5.41 Å². The molecular weight excluding hydrogens is 526 g/mol. The van der Waals surface area contributed by atoms with Crippen LogP contribution in [0.1, 0.15) is 83.8 Å². The van der Waals surface area contributed by atoms with Gasteiger partial charge in [-0.3, -0.25) is 9.59 Å². The fraction of sp³-hybridized carbons (Fsp3) is 0.533. The summed E-state index contributed by atoms with van der Waals surface area (Å²) in [5.41, 5.74) is -0.812. The number of nitrogens with one attached hydrogen (secondary N) is 2. The van der Waals surface area contributed by atoms with Crippen LogP contribution in [0.2, 0.25) is 10.0 Å². The number of halogens is 3. The Balaban J connectivity index is 1.88. The van der Waals surface area contributed by atoms with Crippen molar-refractivity contribution in [3.8, 4) is 0 Å². The molecule has 4 rings (SSSR count). The highest BCUT2D eigenvalue weighted by Gasteiger charge is 2.65. The van der Waals surface area contributed by atoms with Crippen LogP contribution < -0.4 is 10.6 Å². The summed E-state index contributed by atoms with van der Waals surface area (Å²) >= 11 is 12.5. The average molecular weight is 564 g/mol. The van der Waals surface area contributed by atoms with Crippen molar-refractivity contribution < 1.29 is 19.1 Å². The van der Waals surface area contributed by atoms with E-state index in [1.807, 2.05) is 13.0 Å². The third kappa shape index (κ3) is 5.25. The Morgan fingerprint density at radius 3 is 2.53 bits per heavy atom. The Hall–Kier alpha value is -1.99. The molecule has 0 aliphatic carbocycles. The molecule has 0 saturated carbocycles. The first kappa shape index (κ1) is 29.0. The number of fused-ring (bicyclic) bond motifs is 2. The zero-order valence-electron chi connectivity index (χ0n) is 22.6. The van der Waals surface area contributed by atoms with E-state index in [0.717, 1.165) is 0 Å². The molecular formula is C30H37Cl2FN2O3. The maximum Gasteiger partial charge on any atom is 0.237 e. The van der Waals surface area contributed by atoms with Crippen molar-refractivity contribution in [2.75, 3.05) is 5.32 Å². The molecule has 0 bridgehead atoms. The fourth-order valence-corrected chi connectivity index (χ4v) is 6.53. The van der Waals surface area contributed by atoms with E-state index in [2.05, 4.69) is 31.4 Å². The number of carbonyl (C=O) groups excluding carboxylic acids is 2. The molecule has 0 unspecified atom stereocenters. The van der Waals surface area contributed by atoms with E-state index >= 15 is 4.39 Å². The minimum absolute atomic E-state index is 0.0585. The summed E-state index contributed by atoms with van der Waals surface area (Å²) in [5, 5.41) is 17.4. The van der Waals surface area contributed by atoms with Gasteiger partial charge in [0.15, 0.2) is 0 Å². The lowest BCUT2D eigenvalue weighted by atomic mass is 9.62. The number of carbonyl (C=O) groups is 2. The third-order valence-corrected chi connectivity index (χ3v) is 8.71. The number of hydrogen-bond acceptors (Lipinski definition) is 4. The second-order valence-corrected chi connectivity index (χ2v) is 13.1. The SMILES string of the molecule is CC[C@@](C)(O)CCCC(=O)[C@@H]1N[C@H](CC(C)(C)C)[C@]2(C(=O)Nc3cc(Cl)ccc32)[C@H]1c1cccc(Cl)c1F. The Morgan fingerprint density at radius 1 is 1.16 bits per heavy atom. The lowest BCUT2D eigenvalue weighted by molar-refractivity contribution is -0.122. The first-order valence-electron chi connectivity index (χ1n) is 13.3. The van der Waals surface area contributed by atoms with E-state index in [1.54, 1.807) is 31.2 Å². The summed E-state index contributed by atoms with van der Waals surface area (Å²) in [6.07, 6.45) is 2.29. The lowest BCUT2D eigenvalue weighted by Crippen LogP contribution is -2.49. The lowest BCUT2D eigenvalue weighted by Gasteiger charge is -2.37. The zero-order chi connectivity index (χ0) is 28.0. The Bertz CT molecular complexity index is 1240. The van der Waals surface area contributed by atoms with Crippen LogP contribution in [0.15, 0.2) is 36.4 Å². The zero-order valence-corrected chi connectivity index (χ0v) is 24.1. The molecule has 5 atom stereocenters. The summed E-state index contributed by atoms with van der Waals surface area (Å²) in [4.78, 5) is 28.0. The van der Waals surface area contributed by atoms with Gasteiger partial charge in [0.05, 0.1) is 16.7 Å². The van der Waals surface area contributed by atoms with E-state index in [9.17, 15) is 14.7 Å². The maximum atomic E-state index is 15.8. The third-order valence-electron chi connectivity index (χ3n) is 8.19. The summed E-state index contributed by atoms with van der Waals surface area (Å²) in [6.45, 7) is 9.90.